The maximum atomic E-state index is 12.5. The molecule has 0 radical (unpaired) electrons. The van der Waals surface area contributed by atoms with Crippen LogP contribution in [0.1, 0.15) is 31.4 Å². The quantitative estimate of drug-likeness (QED) is 0.888. The van der Waals surface area contributed by atoms with Crippen molar-refractivity contribution in [2.24, 2.45) is 11.8 Å². The molecule has 3 heteroatoms. The summed E-state index contributed by atoms with van der Waals surface area (Å²) in [5.41, 5.74) is 3.33. The highest BCUT2D eigenvalue weighted by Crippen LogP contribution is 2.22. The zero-order valence-corrected chi connectivity index (χ0v) is 15.2. The number of nitrogens with zero attached hydrogens (tertiary/aromatic N) is 1. The van der Waals surface area contributed by atoms with Gasteiger partial charge in [-0.2, -0.15) is 0 Å². The first-order chi connectivity index (χ1) is 12.1. The van der Waals surface area contributed by atoms with Gasteiger partial charge in [-0.1, -0.05) is 62.4 Å². The fraction of sp³-hybridized carbons (Fsp3) is 0.409. The van der Waals surface area contributed by atoms with Crippen molar-refractivity contribution >= 4 is 11.6 Å². The number of hydrogen-bond donors (Lipinski definition) is 1. The van der Waals surface area contributed by atoms with E-state index in [1.807, 2.05) is 24.3 Å². The van der Waals surface area contributed by atoms with Crippen LogP contribution in [-0.4, -0.2) is 30.4 Å². The molecule has 2 aromatic rings. The third-order valence-electron chi connectivity index (χ3n) is 4.84. The lowest BCUT2D eigenvalue weighted by Crippen LogP contribution is -2.42. The topological polar surface area (TPSA) is 32.3 Å². The van der Waals surface area contributed by atoms with Crippen LogP contribution in [0.3, 0.4) is 0 Å². The number of piperidine rings is 1. The summed E-state index contributed by atoms with van der Waals surface area (Å²) in [5, 5.41) is 3.13. The number of rotatable bonds is 5. The highest BCUT2D eigenvalue weighted by molar-refractivity contribution is 5.93. The van der Waals surface area contributed by atoms with E-state index in [1.165, 1.54) is 12.0 Å². The van der Waals surface area contributed by atoms with E-state index >= 15 is 0 Å². The molecule has 0 spiro atoms. The fourth-order valence-corrected chi connectivity index (χ4v) is 3.93. The Morgan fingerprint density at radius 3 is 2.36 bits per heavy atom. The van der Waals surface area contributed by atoms with Gasteiger partial charge in [-0.3, -0.25) is 9.69 Å². The number of hydrogen-bond acceptors (Lipinski definition) is 2. The van der Waals surface area contributed by atoms with E-state index in [9.17, 15) is 4.79 Å². The summed E-state index contributed by atoms with van der Waals surface area (Å²) in [6.07, 6.45) is 2.09. The number of benzene rings is 2. The van der Waals surface area contributed by atoms with Gasteiger partial charge in [0.05, 0.1) is 6.54 Å². The number of carbonyl (C=O) groups is 1. The van der Waals surface area contributed by atoms with Crippen molar-refractivity contribution in [3.8, 4) is 0 Å². The van der Waals surface area contributed by atoms with Gasteiger partial charge >= 0.3 is 0 Å². The van der Waals surface area contributed by atoms with Crippen molar-refractivity contribution in [2.45, 2.75) is 26.7 Å². The minimum absolute atomic E-state index is 0.0850. The molecule has 2 unspecified atom stereocenters. The predicted molar refractivity (Wildman–Crippen MR) is 104 cm³/mol. The molecule has 0 bridgehead atoms. The number of carbonyl (C=O) groups excluding carboxylic acids is 1. The minimum atomic E-state index is 0.0850. The third-order valence-corrected chi connectivity index (χ3v) is 4.84. The van der Waals surface area contributed by atoms with Gasteiger partial charge in [0.25, 0.3) is 0 Å². The zero-order chi connectivity index (χ0) is 17.6. The Morgan fingerprint density at radius 2 is 1.64 bits per heavy atom. The lowest BCUT2D eigenvalue weighted by molar-refractivity contribution is -0.117. The minimum Gasteiger partial charge on any atom is -0.325 e. The molecule has 3 nitrogen and oxygen atoms in total. The summed E-state index contributed by atoms with van der Waals surface area (Å²) in [6.45, 7) is 7.06. The predicted octanol–water partition coefficient (Wildman–Crippen LogP) is 4.19. The molecule has 1 fully saturated rings. The number of anilines is 1. The maximum Gasteiger partial charge on any atom is 0.238 e. The van der Waals surface area contributed by atoms with E-state index < -0.39 is 0 Å². The molecular formula is C22H28N2O. The van der Waals surface area contributed by atoms with E-state index in [1.54, 1.807) is 0 Å². The normalized spacial score (nSPS) is 21.0. The molecule has 1 aliphatic rings. The highest BCUT2D eigenvalue weighted by Gasteiger charge is 2.23. The molecule has 0 saturated carbocycles. The highest BCUT2D eigenvalue weighted by atomic mass is 16.2. The first kappa shape index (κ1) is 17.7. The molecule has 3 rings (SSSR count). The van der Waals surface area contributed by atoms with Crippen molar-refractivity contribution in [1.29, 1.82) is 0 Å². The van der Waals surface area contributed by atoms with E-state index in [2.05, 4.69) is 54.4 Å². The molecule has 2 aromatic carbocycles. The Bertz CT molecular complexity index is 688. The first-order valence-electron chi connectivity index (χ1n) is 9.24. The molecule has 1 saturated heterocycles. The Balaban J connectivity index is 1.63. The number of amides is 1. The maximum absolute atomic E-state index is 12.5. The van der Waals surface area contributed by atoms with Crippen molar-refractivity contribution in [3.63, 3.8) is 0 Å². The Hall–Kier alpha value is -2.13. The molecule has 0 aromatic heterocycles. The van der Waals surface area contributed by atoms with Crippen LogP contribution in [0.15, 0.2) is 54.6 Å². The molecule has 132 valence electrons. The van der Waals surface area contributed by atoms with Crippen LogP contribution in [0.25, 0.3) is 0 Å². The number of nitrogens with one attached hydrogen (secondary N) is 1. The number of para-hydroxylation sites is 1. The van der Waals surface area contributed by atoms with Crippen molar-refractivity contribution in [1.82, 2.24) is 4.90 Å². The van der Waals surface area contributed by atoms with Crippen molar-refractivity contribution < 1.29 is 4.79 Å². The largest absolute Gasteiger partial charge is 0.325 e. The van der Waals surface area contributed by atoms with Gasteiger partial charge < -0.3 is 5.32 Å². The average Bonchev–Trinajstić information content (AvgIpc) is 2.56. The van der Waals surface area contributed by atoms with Gasteiger partial charge in [-0.15, -0.1) is 0 Å². The van der Waals surface area contributed by atoms with E-state index in [0.29, 0.717) is 18.4 Å². The standard InChI is InChI=1S/C22H28N2O/c1-17-12-18(2)15-24(14-17)16-22(25)23-21-11-7-6-10-20(21)13-19-8-4-3-5-9-19/h3-11,17-18H,12-16H2,1-2H3,(H,23,25). The average molecular weight is 336 g/mol. The molecule has 1 heterocycles. The lowest BCUT2D eigenvalue weighted by atomic mass is 9.92. The second-order valence-corrected chi connectivity index (χ2v) is 7.51. The molecular weight excluding hydrogens is 308 g/mol. The smallest absolute Gasteiger partial charge is 0.238 e. The van der Waals surface area contributed by atoms with Crippen molar-refractivity contribution in [2.75, 3.05) is 25.0 Å². The Labute approximate surface area is 151 Å². The second kappa shape index (κ2) is 8.30. The van der Waals surface area contributed by atoms with E-state index in [0.717, 1.165) is 30.8 Å². The SMILES string of the molecule is CC1CC(C)CN(CC(=O)Nc2ccccc2Cc2ccccc2)C1. The molecule has 1 aliphatic heterocycles. The first-order valence-corrected chi connectivity index (χ1v) is 9.24. The van der Waals surface area contributed by atoms with Crippen LogP contribution in [-0.2, 0) is 11.2 Å². The van der Waals surface area contributed by atoms with Crippen LogP contribution >= 0.6 is 0 Å². The van der Waals surface area contributed by atoms with Crippen molar-refractivity contribution in [3.05, 3.63) is 65.7 Å². The fourth-order valence-electron chi connectivity index (χ4n) is 3.93. The van der Waals surface area contributed by atoms with Crippen LogP contribution in [0.2, 0.25) is 0 Å². The Morgan fingerprint density at radius 1 is 1.00 bits per heavy atom. The molecule has 2 atom stereocenters. The van der Waals surface area contributed by atoms with E-state index in [4.69, 9.17) is 0 Å². The Kier molecular flexibility index (Phi) is 5.87. The molecule has 0 aliphatic carbocycles. The van der Waals surface area contributed by atoms with Crippen LogP contribution < -0.4 is 5.32 Å². The van der Waals surface area contributed by atoms with Gasteiger partial charge in [0.2, 0.25) is 5.91 Å². The lowest BCUT2D eigenvalue weighted by Gasteiger charge is -2.34. The molecule has 25 heavy (non-hydrogen) atoms. The summed E-state index contributed by atoms with van der Waals surface area (Å²) in [6, 6.07) is 18.5. The van der Waals surface area contributed by atoms with Crippen LogP contribution in [0.5, 0.6) is 0 Å². The van der Waals surface area contributed by atoms with Gasteiger partial charge in [0.1, 0.15) is 0 Å². The van der Waals surface area contributed by atoms with E-state index in [-0.39, 0.29) is 5.91 Å². The third kappa shape index (κ3) is 5.17. The van der Waals surface area contributed by atoms with Gasteiger partial charge in [-0.05, 0) is 41.9 Å². The van der Waals surface area contributed by atoms with Crippen LogP contribution in [0.4, 0.5) is 5.69 Å². The molecule has 1 amide bonds. The summed E-state index contributed by atoms with van der Waals surface area (Å²) >= 11 is 0. The summed E-state index contributed by atoms with van der Waals surface area (Å²) in [7, 11) is 0. The van der Waals surface area contributed by atoms with Gasteiger partial charge in [0, 0.05) is 18.8 Å². The van der Waals surface area contributed by atoms with Gasteiger partial charge in [-0.25, -0.2) is 0 Å². The monoisotopic (exact) mass is 336 g/mol. The zero-order valence-electron chi connectivity index (χ0n) is 15.2. The second-order valence-electron chi connectivity index (χ2n) is 7.51. The molecule has 1 N–H and O–H groups in total. The summed E-state index contributed by atoms with van der Waals surface area (Å²) < 4.78 is 0. The number of likely N-dealkylation sites (tertiary alicyclic amines) is 1. The van der Waals surface area contributed by atoms with Gasteiger partial charge in [0.15, 0.2) is 0 Å². The van der Waals surface area contributed by atoms with Crippen LogP contribution in [0, 0.1) is 11.8 Å². The summed E-state index contributed by atoms with van der Waals surface area (Å²) in [5.74, 6) is 1.42. The summed E-state index contributed by atoms with van der Waals surface area (Å²) in [4.78, 5) is 14.8.